The summed E-state index contributed by atoms with van der Waals surface area (Å²) in [6.45, 7) is 8.38. The number of rotatable bonds is 3. The van der Waals surface area contributed by atoms with Crippen molar-refractivity contribution in [2.45, 2.75) is 33.1 Å². The van der Waals surface area contributed by atoms with Crippen molar-refractivity contribution in [3.8, 4) is 0 Å². The van der Waals surface area contributed by atoms with E-state index in [1.165, 1.54) is 0 Å². The van der Waals surface area contributed by atoms with E-state index in [1.54, 1.807) is 0 Å². The first kappa shape index (κ1) is 14.1. The summed E-state index contributed by atoms with van der Waals surface area (Å²) < 4.78 is 0. The number of azide groups is 1. The molecule has 0 saturated heterocycles. The summed E-state index contributed by atoms with van der Waals surface area (Å²) in [4.78, 5) is 2.90. The normalized spacial score (nSPS) is 11.9. The minimum absolute atomic E-state index is 0.0417. The highest BCUT2D eigenvalue weighted by Gasteiger charge is 2.14. The number of hydrogen-bond acceptors (Lipinski definition) is 2. The topological polar surface area (TPSA) is 60.8 Å². The summed E-state index contributed by atoms with van der Waals surface area (Å²) in [5.41, 5.74) is 12.5. The molecular weight excluding hydrogens is 224 g/mol. The van der Waals surface area contributed by atoms with Gasteiger partial charge in [-0.3, -0.25) is 0 Å². The lowest BCUT2D eigenvalue weighted by molar-refractivity contribution is 0.590. The molecule has 4 heteroatoms. The van der Waals surface area contributed by atoms with Gasteiger partial charge in [0.1, 0.15) is 0 Å². The molecule has 0 unspecified atom stereocenters. The highest BCUT2D eigenvalue weighted by atomic mass is 15.1. The summed E-state index contributed by atoms with van der Waals surface area (Å²) in [6.07, 6.45) is 1.97. The van der Waals surface area contributed by atoms with Gasteiger partial charge in [-0.2, -0.15) is 0 Å². The lowest BCUT2D eigenvalue weighted by Crippen LogP contribution is -2.10. The molecule has 0 saturated carbocycles. The Balaban J connectivity index is 3.34. The van der Waals surface area contributed by atoms with E-state index >= 15 is 0 Å². The second-order valence-corrected chi connectivity index (χ2v) is 5.29. The van der Waals surface area contributed by atoms with Gasteiger partial charge in [-0.05, 0) is 41.1 Å². The monoisotopic (exact) mass is 244 g/mol. The van der Waals surface area contributed by atoms with Crippen molar-refractivity contribution in [1.82, 2.24) is 5.32 Å². The zero-order chi connectivity index (χ0) is 13.8. The number of benzene rings is 1. The van der Waals surface area contributed by atoms with Gasteiger partial charge in [-0.25, -0.2) is 0 Å². The number of nitrogens with one attached hydrogen (secondary N) is 1. The average Bonchev–Trinajstić information content (AvgIpc) is 2.30. The largest absolute Gasteiger partial charge is 0.392 e. The molecule has 1 rings (SSSR count). The van der Waals surface area contributed by atoms with Crippen LogP contribution >= 0.6 is 0 Å². The van der Waals surface area contributed by atoms with E-state index in [0.29, 0.717) is 5.69 Å². The van der Waals surface area contributed by atoms with Crippen molar-refractivity contribution < 1.29 is 0 Å². The van der Waals surface area contributed by atoms with E-state index in [0.717, 1.165) is 16.8 Å². The van der Waals surface area contributed by atoms with Crippen LogP contribution in [0.25, 0.3) is 16.5 Å². The lowest BCUT2D eigenvalue weighted by Gasteiger charge is -2.20. The molecule has 0 spiro atoms. The van der Waals surface area contributed by atoms with Crippen LogP contribution in [0.5, 0.6) is 0 Å². The van der Waals surface area contributed by atoms with E-state index in [2.05, 4.69) is 42.2 Å². The summed E-state index contributed by atoms with van der Waals surface area (Å²) in [6, 6.07) is 6.02. The molecule has 1 N–H and O–H groups in total. The lowest BCUT2D eigenvalue weighted by atomic mass is 9.86. The van der Waals surface area contributed by atoms with Gasteiger partial charge in [0.05, 0.1) is 0 Å². The van der Waals surface area contributed by atoms with Crippen LogP contribution in [0.1, 0.15) is 38.8 Å². The van der Waals surface area contributed by atoms with Crippen molar-refractivity contribution in [1.29, 1.82) is 0 Å². The van der Waals surface area contributed by atoms with Gasteiger partial charge in [0.15, 0.2) is 0 Å². The fourth-order valence-corrected chi connectivity index (χ4v) is 1.57. The number of nitrogens with zero attached hydrogens (tertiary/aromatic N) is 3. The van der Waals surface area contributed by atoms with Crippen LogP contribution in [0, 0.1) is 0 Å². The molecule has 0 fully saturated rings. The van der Waals surface area contributed by atoms with E-state index in [-0.39, 0.29) is 5.41 Å². The Kier molecular flexibility index (Phi) is 4.40. The van der Waals surface area contributed by atoms with E-state index < -0.39 is 0 Å². The van der Waals surface area contributed by atoms with Gasteiger partial charge in [-0.15, -0.1) is 0 Å². The first-order chi connectivity index (χ1) is 8.38. The van der Waals surface area contributed by atoms with Crippen molar-refractivity contribution >= 4 is 11.8 Å². The van der Waals surface area contributed by atoms with E-state index in [1.807, 2.05) is 32.2 Å². The Morgan fingerprint density at radius 2 is 2.06 bits per heavy atom. The molecule has 0 aromatic heterocycles. The minimum atomic E-state index is 0.0417. The predicted octanol–water partition coefficient (Wildman–Crippen LogP) is 4.51. The Labute approximate surface area is 108 Å². The Morgan fingerprint density at radius 3 is 2.56 bits per heavy atom. The van der Waals surface area contributed by atoms with Crippen molar-refractivity contribution in [2.75, 3.05) is 7.05 Å². The van der Waals surface area contributed by atoms with Crippen LogP contribution < -0.4 is 5.32 Å². The molecule has 0 aliphatic rings. The molecule has 1 aromatic rings. The van der Waals surface area contributed by atoms with E-state index in [4.69, 9.17) is 5.53 Å². The molecule has 0 atom stereocenters. The molecule has 0 heterocycles. The molecule has 0 aliphatic heterocycles. The Morgan fingerprint density at radius 1 is 1.39 bits per heavy atom. The van der Waals surface area contributed by atoms with Crippen molar-refractivity contribution in [3.63, 3.8) is 0 Å². The third-order valence-electron chi connectivity index (χ3n) is 2.82. The zero-order valence-electron chi connectivity index (χ0n) is 11.7. The summed E-state index contributed by atoms with van der Waals surface area (Å²) in [5, 5.41) is 6.83. The van der Waals surface area contributed by atoms with Gasteiger partial charge in [-0.1, -0.05) is 38.0 Å². The Bertz CT molecular complexity index is 503. The van der Waals surface area contributed by atoms with Gasteiger partial charge in [0.2, 0.25) is 0 Å². The SMILES string of the molecule is CN/C(C)=C\c1ccc(C(C)(C)C)cc1N=[N+]=[N-]. The summed E-state index contributed by atoms with van der Waals surface area (Å²) >= 11 is 0. The van der Waals surface area contributed by atoms with Crippen molar-refractivity contribution in [2.24, 2.45) is 5.11 Å². The smallest absolute Gasteiger partial charge is 0.0451 e. The third kappa shape index (κ3) is 3.54. The van der Waals surface area contributed by atoms with Gasteiger partial charge >= 0.3 is 0 Å². The second-order valence-electron chi connectivity index (χ2n) is 5.29. The average molecular weight is 244 g/mol. The molecule has 1 aromatic carbocycles. The standard InChI is InChI=1S/C14H20N4/c1-10(16-5)8-11-6-7-12(14(2,3)4)9-13(11)17-18-15/h6-9,16H,1-5H3/b10-8-. The molecule has 0 bridgehead atoms. The summed E-state index contributed by atoms with van der Waals surface area (Å²) in [5.74, 6) is 0. The van der Waals surface area contributed by atoms with Gasteiger partial charge < -0.3 is 5.32 Å². The summed E-state index contributed by atoms with van der Waals surface area (Å²) in [7, 11) is 1.86. The van der Waals surface area contributed by atoms with E-state index in [9.17, 15) is 0 Å². The molecule has 0 radical (unpaired) electrons. The third-order valence-corrected chi connectivity index (χ3v) is 2.82. The van der Waals surface area contributed by atoms with Crippen LogP contribution in [-0.4, -0.2) is 7.05 Å². The van der Waals surface area contributed by atoms with Gasteiger partial charge in [0, 0.05) is 23.3 Å². The van der Waals surface area contributed by atoms with Gasteiger partial charge in [0.25, 0.3) is 0 Å². The first-order valence-electron chi connectivity index (χ1n) is 5.94. The zero-order valence-corrected chi connectivity index (χ0v) is 11.7. The second kappa shape index (κ2) is 5.61. The maximum absolute atomic E-state index is 8.65. The van der Waals surface area contributed by atoms with Crippen LogP contribution in [0.4, 0.5) is 5.69 Å². The Hall–Kier alpha value is -1.93. The molecule has 0 aliphatic carbocycles. The van der Waals surface area contributed by atoms with Crippen LogP contribution in [-0.2, 0) is 5.41 Å². The highest BCUT2D eigenvalue weighted by molar-refractivity contribution is 5.66. The first-order valence-corrected chi connectivity index (χ1v) is 5.94. The van der Waals surface area contributed by atoms with Crippen molar-refractivity contribution in [3.05, 3.63) is 45.5 Å². The van der Waals surface area contributed by atoms with Crippen LogP contribution in [0.3, 0.4) is 0 Å². The maximum Gasteiger partial charge on any atom is 0.0451 e. The quantitative estimate of drug-likeness (QED) is 0.474. The highest BCUT2D eigenvalue weighted by Crippen LogP contribution is 2.30. The molecule has 4 nitrogen and oxygen atoms in total. The molecule has 18 heavy (non-hydrogen) atoms. The fraction of sp³-hybridized carbons (Fsp3) is 0.429. The van der Waals surface area contributed by atoms with Crippen LogP contribution in [0.2, 0.25) is 0 Å². The molecule has 96 valence electrons. The maximum atomic E-state index is 8.65. The predicted molar refractivity (Wildman–Crippen MR) is 76.7 cm³/mol. The number of hydrogen-bond donors (Lipinski definition) is 1. The number of allylic oxidation sites excluding steroid dienone is 1. The molecular formula is C14H20N4. The molecule has 0 amide bonds. The minimum Gasteiger partial charge on any atom is -0.392 e. The fourth-order valence-electron chi connectivity index (χ4n) is 1.57. The van der Waals surface area contributed by atoms with Crippen LogP contribution in [0.15, 0.2) is 29.0 Å².